The molecule has 0 saturated carbocycles. The van der Waals surface area contributed by atoms with Gasteiger partial charge >= 0.3 is 0 Å². The van der Waals surface area contributed by atoms with Gasteiger partial charge < -0.3 is 15.0 Å². The molecule has 0 radical (unpaired) electrons. The Kier molecular flexibility index (Phi) is 6.82. The zero-order valence-electron chi connectivity index (χ0n) is 10.9. The van der Waals surface area contributed by atoms with Gasteiger partial charge in [-0.25, -0.2) is 4.98 Å². The van der Waals surface area contributed by atoms with Crippen LogP contribution in [-0.2, 0) is 17.9 Å². The van der Waals surface area contributed by atoms with Crippen LogP contribution >= 0.6 is 11.8 Å². The molecule has 1 heterocycles. The number of amides is 1. The number of rotatable bonds is 8. The fourth-order valence-electron chi connectivity index (χ4n) is 1.60. The van der Waals surface area contributed by atoms with Gasteiger partial charge in [0.15, 0.2) is 0 Å². The van der Waals surface area contributed by atoms with Crippen LogP contribution < -0.4 is 5.32 Å². The minimum absolute atomic E-state index is 0.324. The summed E-state index contributed by atoms with van der Waals surface area (Å²) in [5.74, 6) is 1.27. The molecule has 18 heavy (non-hydrogen) atoms. The number of carbonyl (C=O) groups is 1. The molecule has 0 spiro atoms. The summed E-state index contributed by atoms with van der Waals surface area (Å²) >= 11 is 1.62. The first-order valence-electron chi connectivity index (χ1n) is 6.13. The molecule has 0 saturated heterocycles. The highest BCUT2D eigenvalue weighted by molar-refractivity contribution is 7.98. The highest BCUT2D eigenvalue weighted by Crippen LogP contribution is 2.02. The largest absolute Gasteiger partial charge is 0.383 e. The number of aliphatic hydroxyl groups is 1. The Labute approximate surface area is 112 Å². The van der Waals surface area contributed by atoms with E-state index in [1.165, 1.54) is 0 Å². The van der Waals surface area contributed by atoms with Crippen molar-refractivity contribution in [2.45, 2.75) is 39.0 Å². The lowest BCUT2D eigenvalue weighted by Crippen LogP contribution is -2.35. The van der Waals surface area contributed by atoms with Gasteiger partial charge in [-0.15, -0.1) is 0 Å². The second kappa shape index (κ2) is 8.16. The molecule has 1 aromatic heterocycles. The van der Waals surface area contributed by atoms with Crippen LogP contribution in [0.15, 0.2) is 12.4 Å². The maximum absolute atomic E-state index is 11.6. The van der Waals surface area contributed by atoms with Crippen molar-refractivity contribution >= 4 is 17.7 Å². The van der Waals surface area contributed by atoms with Crippen molar-refractivity contribution in [1.29, 1.82) is 0 Å². The van der Waals surface area contributed by atoms with Gasteiger partial charge in [-0.05, 0) is 24.9 Å². The highest BCUT2D eigenvalue weighted by Gasteiger charge is 2.14. The Morgan fingerprint density at radius 3 is 3.11 bits per heavy atom. The van der Waals surface area contributed by atoms with Gasteiger partial charge in [-0.3, -0.25) is 4.79 Å². The fraction of sp³-hybridized carbons (Fsp3) is 0.667. The van der Waals surface area contributed by atoms with Crippen molar-refractivity contribution in [2.24, 2.45) is 0 Å². The smallest absolute Gasteiger partial charge is 0.249 e. The van der Waals surface area contributed by atoms with Crippen LogP contribution in [0.3, 0.4) is 0 Å². The molecule has 0 aliphatic heterocycles. The number of aryl methyl sites for hydroxylation is 1. The third-order valence-electron chi connectivity index (χ3n) is 2.59. The van der Waals surface area contributed by atoms with Crippen LogP contribution in [0.5, 0.6) is 0 Å². The first-order chi connectivity index (χ1) is 8.69. The predicted octanol–water partition coefficient (Wildman–Crippen LogP) is 1.02. The monoisotopic (exact) mass is 271 g/mol. The molecule has 0 aliphatic rings. The maximum Gasteiger partial charge on any atom is 0.249 e. The summed E-state index contributed by atoms with van der Waals surface area (Å²) in [6, 6.07) is 0. The molecule has 0 aliphatic carbocycles. The first-order valence-corrected chi connectivity index (χ1v) is 7.53. The number of nitrogens with one attached hydrogen (secondary N) is 1. The highest BCUT2D eigenvalue weighted by atomic mass is 32.2. The van der Waals surface area contributed by atoms with E-state index in [9.17, 15) is 9.90 Å². The van der Waals surface area contributed by atoms with E-state index in [2.05, 4.69) is 17.2 Å². The first kappa shape index (κ1) is 15.0. The Hall–Kier alpha value is -1.01. The maximum atomic E-state index is 11.6. The topological polar surface area (TPSA) is 67.2 Å². The molecule has 0 fully saturated rings. The van der Waals surface area contributed by atoms with Gasteiger partial charge in [0.1, 0.15) is 11.9 Å². The number of thioether (sulfide) groups is 1. The summed E-state index contributed by atoms with van der Waals surface area (Å²) in [6.45, 7) is 3.34. The normalized spacial score (nSPS) is 12.4. The van der Waals surface area contributed by atoms with E-state index >= 15 is 0 Å². The Morgan fingerprint density at radius 2 is 2.44 bits per heavy atom. The Morgan fingerprint density at radius 1 is 1.67 bits per heavy atom. The molecule has 0 bridgehead atoms. The minimum atomic E-state index is -0.924. The van der Waals surface area contributed by atoms with Crippen molar-refractivity contribution < 1.29 is 9.90 Å². The van der Waals surface area contributed by atoms with Crippen LogP contribution in [0, 0.1) is 0 Å². The quantitative estimate of drug-likeness (QED) is 0.741. The number of aliphatic hydroxyl groups excluding tert-OH is 1. The predicted molar refractivity (Wildman–Crippen MR) is 73.4 cm³/mol. The number of imidazole rings is 1. The molecule has 102 valence electrons. The zero-order valence-corrected chi connectivity index (χ0v) is 11.7. The Bertz CT molecular complexity index is 368. The summed E-state index contributed by atoms with van der Waals surface area (Å²) in [6.07, 6.45) is 6.15. The van der Waals surface area contributed by atoms with E-state index in [1.807, 2.05) is 17.0 Å². The molecular weight excluding hydrogens is 250 g/mol. The summed E-state index contributed by atoms with van der Waals surface area (Å²) < 4.78 is 2.01. The van der Waals surface area contributed by atoms with E-state index in [4.69, 9.17) is 0 Å². The molecule has 6 heteroatoms. The summed E-state index contributed by atoms with van der Waals surface area (Å²) in [7, 11) is 0. The van der Waals surface area contributed by atoms with Crippen LogP contribution in [0.2, 0.25) is 0 Å². The zero-order chi connectivity index (χ0) is 13.4. The van der Waals surface area contributed by atoms with Crippen LogP contribution in [0.25, 0.3) is 0 Å². The third kappa shape index (κ3) is 4.70. The second-order valence-electron chi connectivity index (χ2n) is 4.05. The van der Waals surface area contributed by atoms with E-state index in [0.717, 1.165) is 24.5 Å². The van der Waals surface area contributed by atoms with Gasteiger partial charge in [0.05, 0.1) is 6.54 Å². The van der Waals surface area contributed by atoms with E-state index in [-0.39, 0.29) is 5.91 Å². The average Bonchev–Trinajstić information content (AvgIpc) is 2.81. The number of hydrogen-bond donors (Lipinski definition) is 2. The molecule has 1 atom stereocenters. The van der Waals surface area contributed by atoms with E-state index in [0.29, 0.717) is 13.0 Å². The lowest BCUT2D eigenvalue weighted by atomic mass is 10.2. The lowest BCUT2D eigenvalue weighted by molar-refractivity contribution is -0.129. The Balaban J connectivity index is 2.39. The minimum Gasteiger partial charge on any atom is -0.383 e. The van der Waals surface area contributed by atoms with Gasteiger partial charge in [0.2, 0.25) is 5.91 Å². The molecule has 1 rings (SSSR count). The number of nitrogens with zero attached hydrogens (tertiary/aromatic N) is 2. The summed E-state index contributed by atoms with van der Waals surface area (Å²) in [5.41, 5.74) is 0. The molecule has 5 nitrogen and oxygen atoms in total. The lowest BCUT2D eigenvalue weighted by Gasteiger charge is -2.11. The number of carbonyl (C=O) groups excluding carboxylic acids is 1. The van der Waals surface area contributed by atoms with Crippen LogP contribution in [-0.4, -0.2) is 38.7 Å². The van der Waals surface area contributed by atoms with Crippen molar-refractivity contribution in [3.63, 3.8) is 0 Å². The van der Waals surface area contributed by atoms with Gasteiger partial charge in [0, 0.05) is 18.9 Å². The van der Waals surface area contributed by atoms with Crippen molar-refractivity contribution in [3.8, 4) is 0 Å². The van der Waals surface area contributed by atoms with Crippen LogP contribution in [0.1, 0.15) is 25.6 Å². The number of aromatic nitrogens is 2. The van der Waals surface area contributed by atoms with Crippen molar-refractivity contribution in [3.05, 3.63) is 18.2 Å². The van der Waals surface area contributed by atoms with E-state index < -0.39 is 6.10 Å². The molecule has 1 amide bonds. The fourth-order valence-corrected chi connectivity index (χ4v) is 2.06. The van der Waals surface area contributed by atoms with Gasteiger partial charge in [-0.2, -0.15) is 11.8 Å². The molecule has 2 N–H and O–H groups in total. The summed E-state index contributed by atoms with van der Waals surface area (Å²) in [5, 5.41) is 12.3. The van der Waals surface area contributed by atoms with Crippen LogP contribution in [0.4, 0.5) is 0 Å². The number of hydrogen-bond acceptors (Lipinski definition) is 4. The SMILES string of the molecule is CCCn1ccnc1CNC(=O)C(O)CCSC. The average molecular weight is 271 g/mol. The van der Waals surface area contributed by atoms with Gasteiger partial charge in [-0.1, -0.05) is 6.92 Å². The van der Waals surface area contributed by atoms with E-state index in [1.54, 1.807) is 18.0 Å². The third-order valence-corrected chi connectivity index (χ3v) is 3.23. The van der Waals surface area contributed by atoms with Crippen molar-refractivity contribution in [2.75, 3.05) is 12.0 Å². The molecule has 0 aromatic carbocycles. The molecule has 1 aromatic rings. The standard InChI is InChI=1S/C12H21N3O2S/c1-3-6-15-7-5-13-11(15)9-14-12(17)10(16)4-8-18-2/h5,7,10,16H,3-4,6,8-9H2,1-2H3,(H,14,17). The summed E-state index contributed by atoms with van der Waals surface area (Å²) in [4.78, 5) is 15.8. The van der Waals surface area contributed by atoms with Gasteiger partial charge in [0.25, 0.3) is 0 Å². The molecular formula is C12H21N3O2S. The second-order valence-corrected chi connectivity index (χ2v) is 5.04. The molecule has 1 unspecified atom stereocenters. The van der Waals surface area contributed by atoms with Crippen molar-refractivity contribution in [1.82, 2.24) is 14.9 Å².